The summed E-state index contributed by atoms with van der Waals surface area (Å²) in [5.41, 5.74) is 11.1. The Bertz CT molecular complexity index is 587. The summed E-state index contributed by atoms with van der Waals surface area (Å²) in [6.07, 6.45) is -0.524. The standard InChI is InChI=1S/C10H16N4O2.C2HF3O2/c11-8-7(5-3-1-2-4-6-15)9(16)14-10(12)13-8;3-2(4,5)1(6)7/h6H,1-5H2,(H5,11,12,13,14,16);(H,6,7). The minimum absolute atomic E-state index is 0.0344. The van der Waals surface area contributed by atoms with Crippen LogP contribution in [0.5, 0.6) is 0 Å². The molecule has 8 nitrogen and oxygen atoms in total. The summed E-state index contributed by atoms with van der Waals surface area (Å²) in [6, 6.07) is 0. The Balaban J connectivity index is 0.000000585. The first-order valence-electron chi connectivity index (χ1n) is 6.47. The predicted octanol–water partition coefficient (Wildman–Crippen LogP) is 0.869. The highest BCUT2D eigenvalue weighted by atomic mass is 19.4. The molecule has 0 aliphatic heterocycles. The van der Waals surface area contributed by atoms with Crippen molar-refractivity contribution in [3.05, 3.63) is 15.9 Å². The van der Waals surface area contributed by atoms with Gasteiger partial charge in [-0.3, -0.25) is 9.78 Å². The Morgan fingerprint density at radius 2 is 1.83 bits per heavy atom. The van der Waals surface area contributed by atoms with Crippen LogP contribution in [0.25, 0.3) is 0 Å². The highest BCUT2D eigenvalue weighted by Gasteiger charge is 2.38. The number of nitrogens with zero attached hydrogens (tertiary/aromatic N) is 1. The number of rotatable bonds is 6. The number of nitrogens with one attached hydrogen (secondary N) is 1. The highest BCUT2D eigenvalue weighted by molar-refractivity contribution is 5.73. The molecule has 0 aromatic carbocycles. The molecular formula is C12H17F3N4O4. The number of carbonyl (C=O) groups is 2. The lowest BCUT2D eigenvalue weighted by Crippen LogP contribution is -2.21. The second-order valence-electron chi connectivity index (χ2n) is 4.38. The lowest BCUT2D eigenvalue weighted by atomic mass is 10.1. The molecule has 1 rings (SSSR count). The summed E-state index contributed by atoms with van der Waals surface area (Å²) in [7, 11) is 0. The maximum absolute atomic E-state index is 11.5. The van der Waals surface area contributed by atoms with E-state index in [0.29, 0.717) is 18.4 Å². The third-order valence-electron chi connectivity index (χ3n) is 2.56. The van der Waals surface area contributed by atoms with E-state index in [1.54, 1.807) is 0 Å². The molecule has 23 heavy (non-hydrogen) atoms. The highest BCUT2D eigenvalue weighted by Crippen LogP contribution is 2.13. The van der Waals surface area contributed by atoms with E-state index in [4.69, 9.17) is 21.4 Å². The van der Waals surface area contributed by atoms with E-state index in [1.165, 1.54) is 0 Å². The Morgan fingerprint density at radius 1 is 1.26 bits per heavy atom. The average Bonchev–Trinajstić information content (AvgIpc) is 2.40. The maximum atomic E-state index is 11.5. The number of aliphatic carboxylic acids is 1. The van der Waals surface area contributed by atoms with Crippen LogP contribution < -0.4 is 17.0 Å². The van der Waals surface area contributed by atoms with Crippen LogP contribution in [-0.2, 0) is 16.0 Å². The first-order valence-corrected chi connectivity index (χ1v) is 6.47. The van der Waals surface area contributed by atoms with Crippen molar-refractivity contribution in [2.45, 2.75) is 38.3 Å². The SMILES string of the molecule is Nc1nc(N)c(CCCCCC=O)c(=O)[nH]1.O=C(O)C(F)(F)F. The average molecular weight is 338 g/mol. The van der Waals surface area contributed by atoms with Crippen LogP contribution in [0.2, 0.25) is 0 Å². The molecule has 0 unspecified atom stereocenters. The van der Waals surface area contributed by atoms with E-state index < -0.39 is 12.1 Å². The lowest BCUT2D eigenvalue weighted by molar-refractivity contribution is -0.192. The molecule has 0 saturated carbocycles. The molecule has 0 amide bonds. The van der Waals surface area contributed by atoms with Crippen LogP contribution in [0.15, 0.2) is 4.79 Å². The number of carboxylic acid groups (broad SMARTS) is 1. The summed E-state index contributed by atoms with van der Waals surface area (Å²) >= 11 is 0. The van der Waals surface area contributed by atoms with E-state index in [2.05, 4.69) is 9.97 Å². The number of alkyl halides is 3. The van der Waals surface area contributed by atoms with Crippen molar-refractivity contribution in [2.75, 3.05) is 11.5 Å². The topological polar surface area (TPSA) is 152 Å². The maximum Gasteiger partial charge on any atom is 0.490 e. The molecule has 0 saturated heterocycles. The van der Waals surface area contributed by atoms with Gasteiger partial charge in [-0.25, -0.2) is 4.79 Å². The zero-order chi connectivity index (χ0) is 18.0. The minimum atomic E-state index is -5.08. The smallest absolute Gasteiger partial charge is 0.475 e. The van der Waals surface area contributed by atoms with E-state index in [1.807, 2.05) is 0 Å². The molecule has 1 aromatic heterocycles. The molecular weight excluding hydrogens is 321 g/mol. The summed E-state index contributed by atoms with van der Waals surface area (Å²) in [5.74, 6) is -2.53. The zero-order valence-electron chi connectivity index (χ0n) is 12.0. The number of unbranched alkanes of at least 4 members (excludes halogenated alkanes) is 3. The molecule has 0 atom stereocenters. The van der Waals surface area contributed by atoms with E-state index in [9.17, 15) is 22.8 Å². The lowest BCUT2D eigenvalue weighted by Gasteiger charge is -2.04. The Kier molecular flexibility index (Phi) is 8.37. The van der Waals surface area contributed by atoms with Gasteiger partial charge in [0.1, 0.15) is 12.1 Å². The van der Waals surface area contributed by atoms with E-state index >= 15 is 0 Å². The van der Waals surface area contributed by atoms with E-state index in [-0.39, 0.29) is 17.3 Å². The molecule has 11 heteroatoms. The number of aldehydes is 1. The second kappa shape index (κ2) is 9.43. The van der Waals surface area contributed by atoms with Gasteiger partial charge in [-0.1, -0.05) is 6.42 Å². The molecule has 0 radical (unpaired) electrons. The number of aromatic nitrogens is 2. The molecule has 0 bridgehead atoms. The summed E-state index contributed by atoms with van der Waals surface area (Å²) in [5, 5.41) is 7.12. The van der Waals surface area contributed by atoms with Gasteiger partial charge in [0, 0.05) is 6.42 Å². The molecule has 1 heterocycles. The fourth-order valence-electron chi connectivity index (χ4n) is 1.48. The Hall–Kier alpha value is -2.59. The summed E-state index contributed by atoms with van der Waals surface area (Å²) < 4.78 is 31.7. The van der Waals surface area contributed by atoms with Crippen molar-refractivity contribution in [3.63, 3.8) is 0 Å². The number of nitrogens with two attached hydrogens (primary N) is 2. The van der Waals surface area contributed by atoms with Gasteiger partial charge in [0.2, 0.25) is 5.95 Å². The summed E-state index contributed by atoms with van der Waals surface area (Å²) in [4.78, 5) is 36.6. The third-order valence-corrected chi connectivity index (χ3v) is 2.56. The van der Waals surface area contributed by atoms with Crippen LogP contribution in [0.3, 0.4) is 0 Å². The molecule has 0 fully saturated rings. The van der Waals surface area contributed by atoms with Crippen LogP contribution >= 0.6 is 0 Å². The summed E-state index contributed by atoms with van der Waals surface area (Å²) in [6.45, 7) is 0. The van der Waals surface area contributed by atoms with Gasteiger partial charge in [-0.15, -0.1) is 0 Å². The van der Waals surface area contributed by atoms with Gasteiger partial charge in [0.05, 0.1) is 5.56 Å². The number of H-pyrrole nitrogens is 1. The minimum Gasteiger partial charge on any atom is -0.475 e. The monoisotopic (exact) mass is 338 g/mol. The normalized spacial score (nSPS) is 10.6. The molecule has 1 aromatic rings. The molecule has 0 aliphatic rings. The fourth-order valence-corrected chi connectivity index (χ4v) is 1.48. The van der Waals surface area contributed by atoms with Gasteiger partial charge >= 0.3 is 12.1 Å². The number of halogens is 3. The number of carboxylic acids is 1. The largest absolute Gasteiger partial charge is 0.490 e. The predicted molar refractivity (Wildman–Crippen MR) is 75.6 cm³/mol. The van der Waals surface area contributed by atoms with Crippen molar-refractivity contribution in [3.8, 4) is 0 Å². The van der Waals surface area contributed by atoms with Crippen molar-refractivity contribution >= 4 is 24.0 Å². The van der Waals surface area contributed by atoms with Crippen LogP contribution in [0.4, 0.5) is 24.9 Å². The molecule has 0 spiro atoms. The number of aromatic amines is 1. The zero-order valence-corrected chi connectivity index (χ0v) is 12.0. The van der Waals surface area contributed by atoms with Gasteiger partial charge in [-0.05, 0) is 19.3 Å². The molecule has 0 aliphatic carbocycles. The fraction of sp³-hybridized carbons (Fsp3) is 0.500. The number of hydrogen-bond acceptors (Lipinski definition) is 6. The van der Waals surface area contributed by atoms with Crippen molar-refractivity contribution in [2.24, 2.45) is 0 Å². The Morgan fingerprint density at radius 3 is 2.26 bits per heavy atom. The van der Waals surface area contributed by atoms with Crippen LogP contribution in [-0.4, -0.2) is 33.5 Å². The number of anilines is 2. The first-order chi connectivity index (χ1) is 10.6. The number of hydrogen-bond donors (Lipinski definition) is 4. The number of nitrogen functional groups attached to an aromatic ring is 2. The van der Waals surface area contributed by atoms with Crippen molar-refractivity contribution in [1.82, 2.24) is 9.97 Å². The molecule has 130 valence electrons. The van der Waals surface area contributed by atoms with E-state index in [0.717, 1.165) is 25.5 Å². The van der Waals surface area contributed by atoms with Gasteiger partial charge in [-0.2, -0.15) is 18.2 Å². The Labute approximate surface area is 128 Å². The van der Waals surface area contributed by atoms with Gasteiger partial charge in [0.15, 0.2) is 0 Å². The van der Waals surface area contributed by atoms with Crippen LogP contribution in [0, 0.1) is 0 Å². The first kappa shape index (κ1) is 20.4. The van der Waals surface area contributed by atoms with Gasteiger partial charge < -0.3 is 21.4 Å². The quantitative estimate of drug-likeness (QED) is 0.443. The molecule has 6 N–H and O–H groups in total. The van der Waals surface area contributed by atoms with Gasteiger partial charge in [0.25, 0.3) is 5.56 Å². The van der Waals surface area contributed by atoms with Crippen molar-refractivity contribution in [1.29, 1.82) is 0 Å². The van der Waals surface area contributed by atoms with Crippen LogP contribution in [0.1, 0.15) is 31.2 Å². The number of carbonyl (C=O) groups excluding carboxylic acids is 1. The second-order valence-corrected chi connectivity index (χ2v) is 4.38. The third kappa shape index (κ3) is 8.44. The van der Waals surface area contributed by atoms with Crippen molar-refractivity contribution < 1.29 is 27.9 Å².